The van der Waals surface area contributed by atoms with Crippen LogP contribution in [0.3, 0.4) is 0 Å². The molecule has 0 radical (unpaired) electrons. The maximum absolute atomic E-state index is 12.2. The number of morpholine rings is 1. The number of guanidine groups is 1. The van der Waals surface area contributed by atoms with Gasteiger partial charge in [0.1, 0.15) is 5.75 Å². The molecule has 0 unspecified atom stereocenters. The van der Waals surface area contributed by atoms with Crippen LogP contribution in [0.2, 0.25) is 0 Å². The summed E-state index contributed by atoms with van der Waals surface area (Å²) in [6.07, 6.45) is 1.00. The van der Waals surface area contributed by atoms with Gasteiger partial charge in [-0.2, -0.15) is 8.78 Å². The van der Waals surface area contributed by atoms with Gasteiger partial charge < -0.3 is 19.7 Å². The number of nitrogens with one attached hydrogen (secondary N) is 1. The van der Waals surface area contributed by atoms with Gasteiger partial charge in [0, 0.05) is 46.3 Å². The molecular weight excluding hydrogens is 354 g/mol. The van der Waals surface area contributed by atoms with E-state index in [1.165, 1.54) is 0 Å². The summed E-state index contributed by atoms with van der Waals surface area (Å²) in [6.45, 7) is 6.05. The number of halogens is 2. The maximum atomic E-state index is 12.2. The van der Waals surface area contributed by atoms with Crippen LogP contribution in [0.4, 0.5) is 8.78 Å². The Kier molecular flexibility index (Phi) is 9.27. The Morgan fingerprint density at radius 2 is 2.00 bits per heavy atom. The quantitative estimate of drug-likeness (QED) is 0.403. The monoisotopic (exact) mass is 384 g/mol. The van der Waals surface area contributed by atoms with Crippen molar-refractivity contribution in [2.45, 2.75) is 26.5 Å². The van der Waals surface area contributed by atoms with Gasteiger partial charge >= 0.3 is 6.61 Å². The Labute approximate surface area is 160 Å². The summed E-state index contributed by atoms with van der Waals surface area (Å²) < 4.78 is 34.2. The molecule has 1 aromatic carbocycles. The van der Waals surface area contributed by atoms with Crippen LogP contribution in [0.25, 0.3) is 0 Å². The van der Waals surface area contributed by atoms with E-state index in [4.69, 9.17) is 9.73 Å². The summed E-state index contributed by atoms with van der Waals surface area (Å²) in [5.41, 5.74) is 0.998. The molecule has 1 aromatic rings. The van der Waals surface area contributed by atoms with Gasteiger partial charge in [-0.15, -0.1) is 0 Å². The second kappa shape index (κ2) is 11.7. The summed E-state index contributed by atoms with van der Waals surface area (Å²) in [5.74, 6) is 1.01. The predicted molar refractivity (Wildman–Crippen MR) is 102 cm³/mol. The summed E-state index contributed by atoms with van der Waals surface area (Å²) in [5, 5.41) is 3.30. The van der Waals surface area contributed by atoms with E-state index in [1.54, 1.807) is 24.3 Å². The standard InChI is InChI=1S/C19H30F2N4O2/c1-3-22-19(23-9-4-10-25-11-13-26-14-12-25)24(2)15-16-5-7-17(8-6-16)27-18(20)21/h5-8,18H,3-4,9-15H2,1-2H3,(H,22,23). The number of hydrogen-bond acceptors (Lipinski definition) is 4. The third-order valence-corrected chi connectivity index (χ3v) is 4.26. The largest absolute Gasteiger partial charge is 0.435 e. The molecule has 0 bridgehead atoms. The minimum atomic E-state index is -2.80. The first-order valence-corrected chi connectivity index (χ1v) is 9.41. The SMILES string of the molecule is CCNC(=NCCCN1CCOCC1)N(C)Cc1ccc(OC(F)F)cc1. The van der Waals surface area contributed by atoms with Gasteiger partial charge in [-0.1, -0.05) is 12.1 Å². The Morgan fingerprint density at radius 3 is 2.63 bits per heavy atom. The van der Waals surface area contributed by atoms with Gasteiger partial charge in [-0.25, -0.2) is 0 Å². The molecule has 2 rings (SSSR count). The second-order valence-corrected chi connectivity index (χ2v) is 6.42. The number of ether oxygens (including phenoxy) is 2. The number of rotatable bonds is 9. The Balaban J connectivity index is 1.82. The zero-order valence-corrected chi connectivity index (χ0v) is 16.2. The molecule has 0 saturated carbocycles. The summed E-state index contributed by atoms with van der Waals surface area (Å²) >= 11 is 0. The summed E-state index contributed by atoms with van der Waals surface area (Å²) in [6, 6.07) is 6.69. The number of aliphatic imine (C=N–C) groups is 1. The van der Waals surface area contributed by atoms with Crippen molar-refractivity contribution in [3.05, 3.63) is 29.8 Å². The highest BCUT2D eigenvalue weighted by Crippen LogP contribution is 2.15. The molecule has 0 amide bonds. The Hall–Kier alpha value is -1.93. The van der Waals surface area contributed by atoms with Crippen molar-refractivity contribution in [3.63, 3.8) is 0 Å². The van der Waals surface area contributed by atoms with Crippen molar-refractivity contribution in [2.75, 3.05) is 53.0 Å². The van der Waals surface area contributed by atoms with E-state index >= 15 is 0 Å². The highest BCUT2D eigenvalue weighted by atomic mass is 19.3. The Bertz CT molecular complexity index is 563. The molecule has 8 heteroatoms. The van der Waals surface area contributed by atoms with Gasteiger partial charge in [0.15, 0.2) is 5.96 Å². The molecule has 0 aromatic heterocycles. The molecule has 0 spiro atoms. The van der Waals surface area contributed by atoms with Crippen molar-refractivity contribution in [1.29, 1.82) is 0 Å². The Morgan fingerprint density at radius 1 is 1.30 bits per heavy atom. The summed E-state index contributed by atoms with van der Waals surface area (Å²) in [7, 11) is 1.97. The van der Waals surface area contributed by atoms with E-state index < -0.39 is 6.61 Å². The molecule has 1 N–H and O–H groups in total. The van der Waals surface area contributed by atoms with Crippen LogP contribution in [0.15, 0.2) is 29.3 Å². The van der Waals surface area contributed by atoms with Crippen molar-refractivity contribution in [3.8, 4) is 5.75 Å². The lowest BCUT2D eigenvalue weighted by molar-refractivity contribution is -0.0498. The van der Waals surface area contributed by atoms with Crippen LogP contribution in [0.5, 0.6) is 5.75 Å². The minimum Gasteiger partial charge on any atom is -0.435 e. The fraction of sp³-hybridized carbons (Fsp3) is 0.632. The van der Waals surface area contributed by atoms with E-state index in [2.05, 4.69) is 15.0 Å². The lowest BCUT2D eigenvalue weighted by Crippen LogP contribution is -2.39. The average molecular weight is 384 g/mol. The van der Waals surface area contributed by atoms with Gasteiger partial charge in [0.05, 0.1) is 13.2 Å². The van der Waals surface area contributed by atoms with Gasteiger partial charge in [0.2, 0.25) is 0 Å². The second-order valence-electron chi connectivity index (χ2n) is 6.42. The average Bonchev–Trinajstić information content (AvgIpc) is 2.66. The van der Waals surface area contributed by atoms with Gasteiger partial charge in [-0.3, -0.25) is 9.89 Å². The molecule has 0 atom stereocenters. The lowest BCUT2D eigenvalue weighted by atomic mass is 10.2. The van der Waals surface area contributed by atoms with E-state index in [0.717, 1.165) is 63.9 Å². The number of benzene rings is 1. The van der Waals surface area contributed by atoms with Crippen molar-refractivity contribution in [1.82, 2.24) is 15.1 Å². The van der Waals surface area contributed by atoms with E-state index in [1.807, 2.05) is 18.9 Å². The summed E-state index contributed by atoms with van der Waals surface area (Å²) in [4.78, 5) is 9.13. The van der Waals surface area contributed by atoms with E-state index in [9.17, 15) is 8.78 Å². The van der Waals surface area contributed by atoms with Crippen LogP contribution in [-0.2, 0) is 11.3 Å². The highest BCUT2D eigenvalue weighted by Gasteiger charge is 2.10. The third-order valence-electron chi connectivity index (χ3n) is 4.26. The number of hydrogen-bond donors (Lipinski definition) is 1. The molecule has 1 aliphatic heterocycles. The molecule has 1 saturated heterocycles. The maximum Gasteiger partial charge on any atom is 0.387 e. The van der Waals surface area contributed by atoms with Gasteiger partial charge in [0.25, 0.3) is 0 Å². The molecule has 1 fully saturated rings. The molecule has 6 nitrogen and oxygen atoms in total. The van der Waals surface area contributed by atoms with Crippen molar-refractivity contribution < 1.29 is 18.3 Å². The zero-order valence-electron chi connectivity index (χ0n) is 16.2. The van der Waals surface area contributed by atoms with Crippen LogP contribution in [-0.4, -0.2) is 75.4 Å². The predicted octanol–water partition coefficient (Wildman–Crippen LogP) is 2.41. The van der Waals surface area contributed by atoms with Crippen LogP contribution >= 0.6 is 0 Å². The van der Waals surface area contributed by atoms with Crippen molar-refractivity contribution in [2.24, 2.45) is 4.99 Å². The topological polar surface area (TPSA) is 49.3 Å². The lowest BCUT2D eigenvalue weighted by Gasteiger charge is -2.26. The number of alkyl halides is 2. The first-order chi connectivity index (χ1) is 13.1. The molecular formula is C19H30F2N4O2. The molecule has 0 aliphatic carbocycles. The van der Waals surface area contributed by atoms with E-state index in [-0.39, 0.29) is 5.75 Å². The number of nitrogens with zero attached hydrogens (tertiary/aromatic N) is 3. The normalized spacial score (nSPS) is 15.8. The molecule has 1 aliphatic rings. The van der Waals surface area contributed by atoms with Crippen LogP contribution in [0.1, 0.15) is 18.9 Å². The zero-order chi connectivity index (χ0) is 19.5. The first kappa shape index (κ1) is 21.4. The third kappa shape index (κ3) is 8.09. The molecule has 27 heavy (non-hydrogen) atoms. The van der Waals surface area contributed by atoms with Crippen LogP contribution < -0.4 is 10.1 Å². The molecule has 152 valence electrons. The van der Waals surface area contributed by atoms with Crippen molar-refractivity contribution >= 4 is 5.96 Å². The van der Waals surface area contributed by atoms with Crippen LogP contribution in [0, 0.1) is 0 Å². The fourth-order valence-electron chi connectivity index (χ4n) is 2.90. The fourth-order valence-corrected chi connectivity index (χ4v) is 2.90. The first-order valence-electron chi connectivity index (χ1n) is 9.41. The molecule has 1 heterocycles. The minimum absolute atomic E-state index is 0.167. The smallest absolute Gasteiger partial charge is 0.387 e. The van der Waals surface area contributed by atoms with Gasteiger partial charge in [-0.05, 0) is 31.0 Å². The van der Waals surface area contributed by atoms with E-state index in [0.29, 0.717) is 6.54 Å². The highest BCUT2D eigenvalue weighted by molar-refractivity contribution is 5.79.